The first-order valence-corrected chi connectivity index (χ1v) is 6.15. The number of halogens is 2. The first-order chi connectivity index (χ1) is 9.73. The van der Waals surface area contributed by atoms with E-state index < -0.39 is 11.5 Å². The summed E-state index contributed by atoms with van der Waals surface area (Å²) in [4.78, 5) is 12.4. The van der Waals surface area contributed by atoms with Crippen LogP contribution in [-0.4, -0.2) is 43.6 Å². The minimum absolute atomic E-state index is 0.0884. The predicted octanol–water partition coefficient (Wildman–Crippen LogP) is 2.06. The van der Waals surface area contributed by atoms with Crippen LogP contribution >= 0.6 is 0 Å². The van der Waals surface area contributed by atoms with Gasteiger partial charge in [0, 0.05) is 19.2 Å². The van der Waals surface area contributed by atoms with Gasteiger partial charge in [0.05, 0.1) is 16.2 Å². The summed E-state index contributed by atoms with van der Waals surface area (Å²) in [7, 11) is 3.69. The molecule has 0 saturated heterocycles. The highest BCUT2D eigenvalue weighted by Crippen LogP contribution is 2.39. The van der Waals surface area contributed by atoms with Crippen LogP contribution in [0.1, 0.15) is 5.56 Å². The molecule has 9 heteroatoms. The average molecular weight is 304 g/mol. The largest absolute Gasteiger partial charge is 0.433 e. The molecule has 0 bridgehead atoms. The van der Waals surface area contributed by atoms with Gasteiger partial charge in [-0.25, -0.2) is 0 Å². The molecule has 0 atom stereocenters. The molecule has 0 aliphatic heterocycles. The van der Waals surface area contributed by atoms with Crippen LogP contribution < -0.4 is 15.8 Å². The Bertz CT molecular complexity index is 524. The van der Waals surface area contributed by atoms with Gasteiger partial charge in [-0.1, -0.05) is 0 Å². The standard InChI is InChI=1S/C12H18F2N4O3/c1-7-10(15)9(21-12(13)14)6-8(11(7)18(19)20)16-4-5-17(2)3/h6,12,16H,4-5,15H2,1-3H3. The molecule has 0 unspecified atom stereocenters. The Labute approximate surface area is 120 Å². The van der Waals surface area contributed by atoms with Crippen LogP contribution in [0.15, 0.2) is 6.07 Å². The fourth-order valence-electron chi connectivity index (χ4n) is 1.77. The van der Waals surface area contributed by atoms with Crippen LogP contribution in [0.4, 0.5) is 25.8 Å². The molecule has 0 fully saturated rings. The Morgan fingerprint density at radius 2 is 2.14 bits per heavy atom. The topological polar surface area (TPSA) is 93.7 Å². The lowest BCUT2D eigenvalue weighted by Gasteiger charge is -2.16. The molecule has 1 aromatic rings. The highest BCUT2D eigenvalue weighted by Gasteiger charge is 2.24. The molecular weight excluding hydrogens is 286 g/mol. The van der Waals surface area contributed by atoms with Gasteiger partial charge in [-0.3, -0.25) is 10.1 Å². The summed E-state index contributed by atoms with van der Waals surface area (Å²) >= 11 is 0. The van der Waals surface area contributed by atoms with E-state index in [1.165, 1.54) is 6.92 Å². The highest BCUT2D eigenvalue weighted by atomic mass is 19.3. The number of nitrogens with one attached hydrogen (secondary N) is 1. The fraction of sp³-hybridized carbons (Fsp3) is 0.500. The van der Waals surface area contributed by atoms with Gasteiger partial charge >= 0.3 is 6.61 Å². The molecule has 0 spiro atoms. The van der Waals surface area contributed by atoms with E-state index in [9.17, 15) is 18.9 Å². The summed E-state index contributed by atoms with van der Waals surface area (Å²) in [6.45, 7) is -0.636. The second-order valence-corrected chi connectivity index (χ2v) is 4.68. The third-order valence-electron chi connectivity index (χ3n) is 2.83. The molecule has 0 amide bonds. The van der Waals surface area contributed by atoms with E-state index in [4.69, 9.17) is 5.73 Å². The minimum Gasteiger partial charge on any atom is -0.433 e. The first-order valence-electron chi connectivity index (χ1n) is 6.15. The molecule has 0 radical (unpaired) electrons. The van der Waals surface area contributed by atoms with E-state index in [1.54, 1.807) is 0 Å². The van der Waals surface area contributed by atoms with E-state index in [0.717, 1.165) is 6.07 Å². The summed E-state index contributed by atoms with van der Waals surface area (Å²) in [5, 5.41) is 14.0. The number of ether oxygens (including phenoxy) is 1. The summed E-state index contributed by atoms with van der Waals surface area (Å²) in [6, 6.07) is 1.13. The molecule has 0 aromatic heterocycles. The summed E-state index contributed by atoms with van der Waals surface area (Å²) < 4.78 is 29.0. The first kappa shape index (κ1) is 16.9. The van der Waals surface area contributed by atoms with Crippen molar-refractivity contribution in [3.8, 4) is 5.75 Å². The molecular formula is C12H18F2N4O3. The van der Waals surface area contributed by atoms with Crippen LogP contribution in [0.5, 0.6) is 5.75 Å². The van der Waals surface area contributed by atoms with Crippen molar-refractivity contribution in [3.05, 3.63) is 21.7 Å². The summed E-state index contributed by atoms with van der Waals surface area (Å²) in [6.07, 6.45) is 0. The third kappa shape index (κ3) is 4.42. The quantitative estimate of drug-likeness (QED) is 0.455. The number of hydrogen-bond acceptors (Lipinski definition) is 6. The Morgan fingerprint density at radius 3 is 2.62 bits per heavy atom. The normalized spacial score (nSPS) is 11.0. The van der Waals surface area contributed by atoms with Gasteiger partial charge in [-0.15, -0.1) is 0 Å². The Hall–Kier alpha value is -2.16. The van der Waals surface area contributed by atoms with Crippen molar-refractivity contribution in [2.24, 2.45) is 0 Å². The van der Waals surface area contributed by atoms with E-state index in [0.29, 0.717) is 13.1 Å². The van der Waals surface area contributed by atoms with Crippen molar-refractivity contribution in [2.75, 3.05) is 38.2 Å². The highest BCUT2D eigenvalue weighted by molar-refractivity contribution is 5.77. The number of nitro benzene ring substituents is 1. The lowest BCUT2D eigenvalue weighted by molar-refractivity contribution is -0.384. The molecule has 118 valence electrons. The van der Waals surface area contributed by atoms with Crippen molar-refractivity contribution >= 4 is 17.1 Å². The molecule has 0 heterocycles. The molecule has 21 heavy (non-hydrogen) atoms. The average Bonchev–Trinajstić information content (AvgIpc) is 2.33. The molecule has 3 N–H and O–H groups in total. The van der Waals surface area contributed by atoms with Gasteiger partial charge < -0.3 is 20.7 Å². The SMILES string of the molecule is Cc1c(N)c(OC(F)F)cc(NCCN(C)C)c1[N+](=O)[O-]. The fourth-order valence-corrected chi connectivity index (χ4v) is 1.77. The van der Waals surface area contributed by atoms with Gasteiger partial charge in [0.15, 0.2) is 5.75 Å². The molecule has 0 saturated carbocycles. The molecule has 1 aromatic carbocycles. The molecule has 7 nitrogen and oxygen atoms in total. The van der Waals surface area contributed by atoms with Gasteiger partial charge in [0.1, 0.15) is 5.69 Å². The summed E-state index contributed by atoms with van der Waals surface area (Å²) in [5.74, 6) is -0.277. The van der Waals surface area contributed by atoms with E-state index >= 15 is 0 Å². The molecule has 0 aliphatic rings. The zero-order valence-corrected chi connectivity index (χ0v) is 12.0. The third-order valence-corrected chi connectivity index (χ3v) is 2.83. The lowest BCUT2D eigenvalue weighted by atomic mass is 10.1. The Balaban J connectivity index is 3.17. The lowest BCUT2D eigenvalue weighted by Crippen LogP contribution is -2.21. The number of nitrogens with two attached hydrogens (primary N) is 1. The van der Waals surface area contributed by atoms with Crippen molar-refractivity contribution in [2.45, 2.75) is 13.5 Å². The number of nitro groups is 1. The van der Waals surface area contributed by atoms with E-state index in [1.807, 2.05) is 19.0 Å². The molecule has 1 rings (SSSR count). The van der Waals surface area contributed by atoms with E-state index in [-0.39, 0.29) is 28.4 Å². The van der Waals surface area contributed by atoms with Crippen LogP contribution in [0, 0.1) is 17.0 Å². The molecule has 0 aliphatic carbocycles. The van der Waals surface area contributed by atoms with Crippen LogP contribution in [0.25, 0.3) is 0 Å². The number of hydrogen-bond donors (Lipinski definition) is 2. The number of nitrogen functional groups attached to an aromatic ring is 1. The Kier molecular flexibility index (Phi) is 5.65. The van der Waals surface area contributed by atoms with Crippen LogP contribution in [-0.2, 0) is 0 Å². The number of likely N-dealkylation sites (N-methyl/N-ethyl adjacent to an activating group) is 1. The van der Waals surface area contributed by atoms with E-state index in [2.05, 4.69) is 10.1 Å². The summed E-state index contributed by atoms with van der Waals surface area (Å²) in [5.41, 5.74) is 5.40. The number of nitrogens with zero attached hydrogens (tertiary/aromatic N) is 2. The van der Waals surface area contributed by atoms with Crippen molar-refractivity contribution in [1.82, 2.24) is 4.90 Å². The van der Waals surface area contributed by atoms with Crippen LogP contribution in [0.3, 0.4) is 0 Å². The number of benzene rings is 1. The maximum absolute atomic E-state index is 12.3. The maximum Gasteiger partial charge on any atom is 0.387 e. The predicted molar refractivity (Wildman–Crippen MR) is 75.9 cm³/mol. The smallest absolute Gasteiger partial charge is 0.387 e. The van der Waals surface area contributed by atoms with Crippen molar-refractivity contribution in [1.29, 1.82) is 0 Å². The van der Waals surface area contributed by atoms with Gasteiger partial charge in [0.25, 0.3) is 5.69 Å². The minimum atomic E-state index is -3.05. The van der Waals surface area contributed by atoms with Crippen molar-refractivity contribution in [3.63, 3.8) is 0 Å². The second-order valence-electron chi connectivity index (χ2n) is 4.68. The second kappa shape index (κ2) is 7.02. The zero-order chi connectivity index (χ0) is 16.2. The zero-order valence-electron chi connectivity index (χ0n) is 12.0. The number of rotatable bonds is 7. The van der Waals surface area contributed by atoms with Gasteiger partial charge in [-0.05, 0) is 21.0 Å². The van der Waals surface area contributed by atoms with Crippen molar-refractivity contribution < 1.29 is 18.4 Å². The van der Waals surface area contributed by atoms with Gasteiger partial charge in [0.2, 0.25) is 0 Å². The Morgan fingerprint density at radius 1 is 1.52 bits per heavy atom. The monoisotopic (exact) mass is 304 g/mol. The number of anilines is 2. The maximum atomic E-state index is 12.3. The van der Waals surface area contributed by atoms with Crippen LogP contribution in [0.2, 0.25) is 0 Å². The van der Waals surface area contributed by atoms with Gasteiger partial charge in [-0.2, -0.15) is 8.78 Å². The number of alkyl halides is 2.